The Morgan fingerprint density at radius 1 is 1.00 bits per heavy atom. The molecule has 2 amide bonds. The molecule has 0 radical (unpaired) electrons. The van der Waals surface area contributed by atoms with E-state index >= 15 is 0 Å². The highest BCUT2D eigenvalue weighted by Gasteiger charge is 2.18. The van der Waals surface area contributed by atoms with E-state index in [2.05, 4.69) is 30.7 Å². The second-order valence-corrected chi connectivity index (χ2v) is 10.2. The maximum atomic E-state index is 13.0. The highest BCUT2D eigenvalue weighted by Crippen LogP contribution is 2.25. The molecule has 222 valence electrons. The van der Waals surface area contributed by atoms with Gasteiger partial charge in [0.25, 0.3) is 5.91 Å². The zero-order valence-corrected chi connectivity index (χ0v) is 23.8. The number of hydrogen-bond donors (Lipinski definition) is 5. The maximum absolute atomic E-state index is 13.0. The molecule has 3 aromatic heterocycles. The number of hydrogen-bond acceptors (Lipinski definition) is 6. The van der Waals surface area contributed by atoms with Gasteiger partial charge in [-0.15, -0.1) is 0 Å². The molecule has 5 aromatic rings. The lowest BCUT2D eigenvalue weighted by atomic mass is 9.99. The van der Waals surface area contributed by atoms with Gasteiger partial charge in [-0.1, -0.05) is 25.0 Å². The van der Waals surface area contributed by atoms with Crippen molar-refractivity contribution in [2.45, 2.75) is 38.0 Å². The Morgan fingerprint density at radius 2 is 1.77 bits per heavy atom. The van der Waals surface area contributed by atoms with Gasteiger partial charge in [0.2, 0.25) is 11.8 Å². The van der Waals surface area contributed by atoms with Crippen LogP contribution >= 0.6 is 0 Å². The van der Waals surface area contributed by atoms with Gasteiger partial charge < -0.3 is 20.7 Å². The third-order valence-corrected chi connectivity index (χ3v) is 7.29. The Bertz CT molecular complexity index is 1700. The van der Waals surface area contributed by atoms with Crippen LogP contribution in [0, 0.1) is 0 Å². The smallest absolute Gasteiger partial charge is 0.332 e. The van der Waals surface area contributed by atoms with E-state index in [0.717, 1.165) is 48.5 Å². The Balaban J connectivity index is 1.25. The number of carbonyl (C=O) groups excluding carboxylic acids is 2. The van der Waals surface area contributed by atoms with Crippen molar-refractivity contribution in [1.82, 2.24) is 39.9 Å². The van der Waals surface area contributed by atoms with Crippen LogP contribution < -0.4 is 16.3 Å². The molecule has 12 heteroatoms. The summed E-state index contributed by atoms with van der Waals surface area (Å²) >= 11 is 0. The van der Waals surface area contributed by atoms with E-state index in [-0.39, 0.29) is 23.6 Å². The van der Waals surface area contributed by atoms with E-state index in [0.29, 0.717) is 24.2 Å². The number of H-pyrrole nitrogens is 2. The predicted octanol–water partition coefficient (Wildman–Crippen LogP) is 3.66. The minimum Gasteiger partial charge on any atom is -0.493 e. The zero-order valence-electron chi connectivity index (χ0n) is 23.8. The molecule has 0 aliphatic rings. The van der Waals surface area contributed by atoms with Crippen LogP contribution in [0.5, 0.6) is 5.88 Å². The molecule has 0 aliphatic heterocycles. The summed E-state index contributed by atoms with van der Waals surface area (Å²) in [5.41, 5.74) is 3.31. The number of unbranched alkanes of at least 4 members (excludes halogenated alkanes) is 2. The summed E-state index contributed by atoms with van der Waals surface area (Å²) in [7, 11) is 1.64. The molecule has 2 aromatic carbocycles. The van der Waals surface area contributed by atoms with Crippen LogP contribution in [0.15, 0.2) is 84.2 Å². The molecule has 1 unspecified atom stereocenters. The van der Waals surface area contributed by atoms with Gasteiger partial charge in [0.1, 0.15) is 5.82 Å². The number of rotatable bonds is 13. The third-order valence-electron chi connectivity index (χ3n) is 7.29. The minimum atomic E-state index is -0.473. The first-order chi connectivity index (χ1) is 20.9. The highest BCUT2D eigenvalue weighted by atomic mass is 16.3. The molecule has 0 aliphatic carbocycles. The zero-order chi connectivity index (χ0) is 30.2. The normalized spacial score (nSPS) is 11.7. The number of aromatic hydroxyl groups is 1. The number of imidazole rings is 2. The Labute approximate surface area is 247 Å². The Hall–Kier alpha value is -5.39. The average molecular weight is 583 g/mol. The van der Waals surface area contributed by atoms with E-state index in [4.69, 9.17) is 0 Å². The highest BCUT2D eigenvalue weighted by molar-refractivity contribution is 5.94. The number of amides is 2. The molecule has 12 nitrogen and oxygen atoms in total. The number of carbonyl (C=O) groups is 2. The van der Waals surface area contributed by atoms with E-state index < -0.39 is 5.69 Å². The molecule has 5 N–H and O–H groups in total. The second-order valence-electron chi connectivity index (χ2n) is 10.2. The summed E-state index contributed by atoms with van der Waals surface area (Å²) in [5, 5.41) is 19.5. The summed E-state index contributed by atoms with van der Waals surface area (Å²) in [6.45, 7) is 0.367. The van der Waals surface area contributed by atoms with Gasteiger partial charge in [-0.25, -0.2) is 14.5 Å². The third kappa shape index (κ3) is 7.28. The van der Waals surface area contributed by atoms with E-state index in [1.165, 1.54) is 10.8 Å². The van der Waals surface area contributed by atoms with Crippen molar-refractivity contribution in [2.24, 2.45) is 0 Å². The van der Waals surface area contributed by atoms with E-state index in [9.17, 15) is 19.5 Å². The van der Waals surface area contributed by atoms with Crippen molar-refractivity contribution in [3.05, 3.63) is 101 Å². The van der Waals surface area contributed by atoms with E-state index in [1.54, 1.807) is 48.4 Å². The van der Waals surface area contributed by atoms with Gasteiger partial charge in [0, 0.05) is 43.9 Å². The van der Waals surface area contributed by atoms with Crippen LogP contribution in [0.2, 0.25) is 0 Å². The fourth-order valence-electron chi connectivity index (χ4n) is 4.89. The molecule has 43 heavy (non-hydrogen) atoms. The number of aromatic nitrogens is 6. The first kappa shape index (κ1) is 29.1. The maximum Gasteiger partial charge on any atom is 0.332 e. The van der Waals surface area contributed by atoms with Crippen LogP contribution in [0.3, 0.4) is 0 Å². The van der Waals surface area contributed by atoms with Crippen molar-refractivity contribution in [3.8, 4) is 28.5 Å². The van der Waals surface area contributed by atoms with Gasteiger partial charge in [0.05, 0.1) is 29.5 Å². The van der Waals surface area contributed by atoms with Gasteiger partial charge in [0.15, 0.2) is 0 Å². The summed E-state index contributed by atoms with van der Waals surface area (Å²) in [6.07, 6.45) is 10.5. The molecule has 3 heterocycles. The average Bonchev–Trinajstić information content (AvgIpc) is 3.80. The molecule has 0 bridgehead atoms. The van der Waals surface area contributed by atoms with Crippen LogP contribution in [0.25, 0.3) is 22.6 Å². The van der Waals surface area contributed by atoms with Crippen molar-refractivity contribution < 1.29 is 14.7 Å². The van der Waals surface area contributed by atoms with Gasteiger partial charge >= 0.3 is 5.69 Å². The van der Waals surface area contributed by atoms with Crippen LogP contribution in [-0.2, 0) is 4.79 Å². The fourth-order valence-corrected chi connectivity index (χ4v) is 4.89. The molecule has 0 saturated carbocycles. The lowest BCUT2D eigenvalue weighted by Gasteiger charge is -2.16. The number of aromatic amines is 2. The SMILES string of the molecule is CNC(=O)CCCCCC(CNC(=O)c1ccc(-n2cc(O)[nH]c2=O)cc1)c1ncc(-c2ccc(-n3cccn3)cc2)[nH]1. The molecule has 0 saturated heterocycles. The molecular formula is C31H34N8O4. The second kappa shape index (κ2) is 13.5. The Morgan fingerprint density at radius 3 is 2.44 bits per heavy atom. The first-order valence-electron chi connectivity index (χ1n) is 14.2. The fraction of sp³-hybridized carbons (Fsp3) is 0.258. The van der Waals surface area contributed by atoms with E-state index in [1.807, 2.05) is 36.5 Å². The summed E-state index contributed by atoms with van der Waals surface area (Å²) < 4.78 is 3.06. The van der Waals surface area contributed by atoms with Gasteiger partial charge in [-0.05, 0) is 60.9 Å². The van der Waals surface area contributed by atoms with Crippen molar-refractivity contribution in [2.75, 3.05) is 13.6 Å². The van der Waals surface area contributed by atoms with Crippen LogP contribution in [-0.4, -0.2) is 59.8 Å². The number of nitrogens with zero attached hydrogens (tertiary/aromatic N) is 4. The lowest BCUT2D eigenvalue weighted by molar-refractivity contribution is -0.120. The molecule has 5 rings (SSSR count). The summed E-state index contributed by atoms with van der Waals surface area (Å²) in [6, 6.07) is 16.4. The molecular weight excluding hydrogens is 548 g/mol. The van der Waals surface area contributed by atoms with Crippen LogP contribution in [0.1, 0.15) is 54.2 Å². The van der Waals surface area contributed by atoms with Crippen molar-refractivity contribution in [1.29, 1.82) is 0 Å². The Kier molecular flexibility index (Phi) is 9.15. The topological polar surface area (TPSA) is 163 Å². The summed E-state index contributed by atoms with van der Waals surface area (Å²) in [4.78, 5) is 47.0. The predicted molar refractivity (Wildman–Crippen MR) is 161 cm³/mol. The quantitative estimate of drug-likeness (QED) is 0.133. The molecule has 1 atom stereocenters. The van der Waals surface area contributed by atoms with Gasteiger partial charge in [-0.2, -0.15) is 5.10 Å². The van der Waals surface area contributed by atoms with Crippen LogP contribution in [0.4, 0.5) is 0 Å². The monoisotopic (exact) mass is 582 g/mol. The largest absolute Gasteiger partial charge is 0.493 e. The first-order valence-corrected chi connectivity index (χ1v) is 14.2. The summed E-state index contributed by atoms with van der Waals surface area (Å²) in [5.74, 6) is 0.254. The van der Waals surface area contributed by atoms with Gasteiger partial charge in [-0.3, -0.25) is 19.1 Å². The minimum absolute atomic E-state index is 0.0299. The molecule has 0 spiro atoms. The van der Waals surface area contributed by atoms with Crippen molar-refractivity contribution in [3.63, 3.8) is 0 Å². The molecule has 0 fully saturated rings. The number of nitrogens with one attached hydrogen (secondary N) is 4. The lowest BCUT2D eigenvalue weighted by Crippen LogP contribution is -2.29. The standard InChI is InChI=1S/C31H34N8O4/c1-32-27(40)7-4-2-3-6-23(18-34-30(42)22-10-12-24(13-11-22)38-20-28(41)37-31(38)43)29-33-19-26(36-29)21-8-14-25(15-9-21)39-17-5-16-35-39/h5,8-17,19-20,23,41H,2-4,6-7,18H2,1H3,(H,32,40)(H,33,36)(H,34,42)(H,37,43). The number of benzene rings is 2. The van der Waals surface area contributed by atoms with Crippen molar-refractivity contribution >= 4 is 11.8 Å².